The van der Waals surface area contributed by atoms with E-state index in [0.717, 1.165) is 4.88 Å². The maximum atomic E-state index is 12.3. The van der Waals surface area contributed by atoms with Crippen molar-refractivity contribution in [3.05, 3.63) is 52.1 Å². The lowest BCUT2D eigenvalue weighted by Crippen LogP contribution is -2.30. The molecule has 1 amide bonds. The Labute approximate surface area is 142 Å². The number of thiophene rings is 1. The van der Waals surface area contributed by atoms with Gasteiger partial charge in [0.05, 0.1) is 12.2 Å². The molecule has 24 heavy (non-hydrogen) atoms. The Kier molecular flexibility index (Phi) is 4.57. The number of rotatable bonds is 5. The summed E-state index contributed by atoms with van der Waals surface area (Å²) in [6.45, 7) is 1.88. The van der Waals surface area contributed by atoms with E-state index in [-0.39, 0.29) is 18.1 Å². The summed E-state index contributed by atoms with van der Waals surface area (Å²) in [5.74, 6) is -0.863. The summed E-state index contributed by atoms with van der Waals surface area (Å²) in [4.78, 5) is 31.1. The van der Waals surface area contributed by atoms with Crippen molar-refractivity contribution in [3.63, 3.8) is 0 Å². The summed E-state index contributed by atoms with van der Waals surface area (Å²) in [5.41, 5.74) is 1.21. The molecule has 0 atom stereocenters. The highest BCUT2D eigenvalue weighted by molar-refractivity contribution is 7.09. The molecule has 3 aromatic rings. The lowest BCUT2D eigenvalue weighted by Gasteiger charge is -2.16. The largest absolute Gasteiger partial charge is 0.452 e. The second kappa shape index (κ2) is 6.79. The van der Waals surface area contributed by atoms with Crippen molar-refractivity contribution in [1.82, 2.24) is 19.5 Å². The van der Waals surface area contributed by atoms with Crippen LogP contribution in [0.4, 0.5) is 0 Å². The van der Waals surface area contributed by atoms with Crippen LogP contribution >= 0.6 is 11.3 Å². The van der Waals surface area contributed by atoms with Gasteiger partial charge >= 0.3 is 5.97 Å². The average Bonchev–Trinajstić information content (AvgIpc) is 3.18. The summed E-state index contributed by atoms with van der Waals surface area (Å²) in [7, 11) is 1.68. The first-order valence-corrected chi connectivity index (χ1v) is 8.17. The zero-order valence-corrected chi connectivity index (χ0v) is 14.1. The lowest BCUT2D eigenvalue weighted by atomic mass is 10.2. The highest BCUT2D eigenvalue weighted by Gasteiger charge is 2.21. The summed E-state index contributed by atoms with van der Waals surface area (Å²) in [5, 5.41) is 6.16. The number of fused-ring (bicyclic) bond motifs is 1. The summed E-state index contributed by atoms with van der Waals surface area (Å²) in [6.07, 6.45) is 3.28. The molecule has 0 aliphatic heterocycles. The van der Waals surface area contributed by atoms with E-state index in [9.17, 15) is 9.59 Å². The molecule has 0 unspecified atom stereocenters. The molecule has 0 N–H and O–H groups in total. The van der Waals surface area contributed by atoms with Gasteiger partial charge in [0.1, 0.15) is 5.56 Å². The van der Waals surface area contributed by atoms with E-state index < -0.39 is 5.97 Å². The van der Waals surface area contributed by atoms with E-state index in [4.69, 9.17) is 4.74 Å². The van der Waals surface area contributed by atoms with Crippen LogP contribution in [-0.2, 0) is 16.1 Å². The Morgan fingerprint density at radius 1 is 1.38 bits per heavy atom. The van der Waals surface area contributed by atoms with E-state index in [1.807, 2.05) is 17.5 Å². The Morgan fingerprint density at radius 2 is 2.21 bits per heavy atom. The minimum Gasteiger partial charge on any atom is -0.452 e. The molecule has 3 aromatic heterocycles. The number of hydrogen-bond donors (Lipinski definition) is 0. The minimum atomic E-state index is -0.598. The van der Waals surface area contributed by atoms with Gasteiger partial charge in [0.25, 0.3) is 5.91 Å². The van der Waals surface area contributed by atoms with Crippen molar-refractivity contribution in [1.29, 1.82) is 0 Å². The van der Waals surface area contributed by atoms with Gasteiger partial charge in [0, 0.05) is 24.3 Å². The van der Waals surface area contributed by atoms with Gasteiger partial charge < -0.3 is 9.64 Å². The summed E-state index contributed by atoms with van der Waals surface area (Å²) < 4.78 is 6.67. The fraction of sp³-hybridized carbons (Fsp3) is 0.250. The van der Waals surface area contributed by atoms with Crippen LogP contribution in [0.25, 0.3) is 5.65 Å². The highest BCUT2D eigenvalue weighted by Crippen LogP contribution is 2.14. The molecule has 0 spiro atoms. The first-order valence-electron chi connectivity index (χ1n) is 7.29. The van der Waals surface area contributed by atoms with Crippen molar-refractivity contribution in [2.75, 3.05) is 13.7 Å². The normalized spacial score (nSPS) is 10.8. The molecule has 3 heterocycles. The number of likely N-dealkylation sites (N-methyl/N-ethyl adjacent to an activating group) is 1. The van der Waals surface area contributed by atoms with Crippen LogP contribution in [0.1, 0.15) is 20.9 Å². The second-order valence-corrected chi connectivity index (χ2v) is 6.29. The predicted octanol–water partition coefficient (Wildman–Crippen LogP) is 1.91. The number of hydrogen-bond acceptors (Lipinski definition) is 6. The van der Waals surface area contributed by atoms with Gasteiger partial charge in [-0.15, -0.1) is 11.3 Å². The van der Waals surface area contributed by atoms with Gasteiger partial charge in [0.2, 0.25) is 0 Å². The van der Waals surface area contributed by atoms with Crippen molar-refractivity contribution in [2.45, 2.75) is 13.5 Å². The molecule has 3 rings (SSSR count). The third-order valence-corrected chi connectivity index (χ3v) is 4.36. The number of amides is 1. The molecule has 0 aromatic carbocycles. The van der Waals surface area contributed by atoms with E-state index >= 15 is 0 Å². The molecule has 124 valence electrons. The van der Waals surface area contributed by atoms with Crippen LogP contribution in [0.3, 0.4) is 0 Å². The van der Waals surface area contributed by atoms with Gasteiger partial charge in [-0.05, 0) is 24.4 Å². The van der Waals surface area contributed by atoms with Crippen molar-refractivity contribution in [3.8, 4) is 0 Å². The molecule has 0 aliphatic carbocycles. The average molecular weight is 344 g/mol. The Bertz CT molecular complexity index is 873. The maximum Gasteiger partial charge on any atom is 0.344 e. The van der Waals surface area contributed by atoms with Gasteiger partial charge in [-0.25, -0.2) is 14.3 Å². The number of aryl methyl sites for hydroxylation is 1. The van der Waals surface area contributed by atoms with Crippen molar-refractivity contribution < 1.29 is 14.3 Å². The van der Waals surface area contributed by atoms with Gasteiger partial charge in [-0.1, -0.05) is 6.07 Å². The first-order chi connectivity index (χ1) is 11.6. The smallest absolute Gasteiger partial charge is 0.344 e. The van der Waals surface area contributed by atoms with E-state index in [1.165, 1.54) is 9.42 Å². The summed E-state index contributed by atoms with van der Waals surface area (Å²) in [6, 6.07) is 5.60. The van der Waals surface area contributed by atoms with E-state index in [1.54, 1.807) is 43.8 Å². The van der Waals surface area contributed by atoms with Crippen LogP contribution in [-0.4, -0.2) is 45.0 Å². The fourth-order valence-corrected chi connectivity index (χ4v) is 3.03. The fourth-order valence-electron chi connectivity index (χ4n) is 2.27. The van der Waals surface area contributed by atoms with Crippen molar-refractivity contribution in [2.24, 2.45) is 0 Å². The highest BCUT2D eigenvalue weighted by atomic mass is 32.1. The van der Waals surface area contributed by atoms with Crippen molar-refractivity contribution >= 4 is 28.9 Å². The zero-order chi connectivity index (χ0) is 17.1. The Morgan fingerprint density at radius 3 is 2.96 bits per heavy atom. The van der Waals surface area contributed by atoms with E-state index in [2.05, 4.69) is 10.1 Å². The molecule has 0 saturated carbocycles. The number of ether oxygens (including phenoxy) is 1. The third kappa shape index (κ3) is 3.28. The molecule has 0 saturated heterocycles. The molecule has 0 radical (unpaired) electrons. The predicted molar refractivity (Wildman–Crippen MR) is 88.8 cm³/mol. The molecule has 7 nitrogen and oxygen atoms in total. The number of nitrogens with zero attached hydrogens (tertiary/aromatic N) is 4. The van der Waals surface area contributed by atoms with Crippen LogP contribution in [0.2, 0.25) is 0 Å². The van der Waals surface area contributed by atoms with Gasteiger partial charge in [-0.2, -0.15) is 5.10 Å². The summed E-state index contributed by atoms with van der Waals surface area (Å²) >= 11 is 1.57. The monoisotopic (exact) mass is 344 g/mol. The van der Waals surface area contributed by atoms with E-state index in [0.29, 0.717) is 17.9 Å². The standard InChI is InChI=1S/C16H16N4O3S/c1-11-14(15-17-6-4-7-20(15)18-11)16(22)23-10-13(21)19(2)9-12-5-3-8-24-12/h3-8H,9-10H2,1-2H3. The number of carbonyl (C=O) groups is 2. The Balaban J connectivity index is 1.64. The Hall–Kier alpha value is -2.74. The molecule has 0 bridgehead atoms. The second-order valence-electron chi connectivity index (χ2n) is 5.25. The molecular formula is C16H16N4O3S. The number of carbonyl (C=O) groups excluding carboxylic acids is 2. The topological polar surface area (TPSA) is 76.8 Å². The molecule has 0 aliphatic rings. The first kappa shape index (κ1) is 16.1. The molecular weight excluding hydrogens is 328 g/mol. The van der Waals surface area contributed by atoms with Gasteiger partial charge in [0.15, 0.2) is 12.3 Å². The number of aromatic nitrogens is 3. The number of esters is 1. The van der Waals surface area contributed by atoms with Crippen LogP contribution in [0.15, 0.2) is 36.0 Å². The lowest BCUT2D eigenvalue weighted by molar-refractivity contribution is -0.133. The van der Waals surface area contributed by atoms with Gasteiger partial charge in [-0.3, -0.25) is 4.79 Å². The quantitative estimate of drug-likeness (QED) is 0.661. The van der Waals surface area contributed by atoms with Crippen LogP contribution in [0.5, 0.6) is 0 Å². The minimum absolute atomic E-state index is 0.265. The molecule has 0 fully saturated rings. The zero-order valence-electron chi connectivity index (χ0n) is 13.3. The maximum absolute atomic E-state index is 12.3. The molecule has 8 heteroatoms. The van der Waals surface area contributed by atoms with Crippen LogP contribution in [0, 0.1) is 6.92 Å². The third-order valence-electron chi connectivity index (χ3n) is 3.50. The van der Waals surface area contributed by atoms with Crippen LogP contribution < -0.4 is 0 Å². The SMILES string of the molecule is Cc1nn2cccnc2c1C(=O)OCC(=O)N(C)Cc1cccs1.